The van der Waals surface area contributed by atoms with Gasteiger partial charge in [0.1, 0.15) is 11.5 Å². The Labute approximate surface area is 171 Å². The fraction of sp³-hybridized carbons (Fsp3) is 0.222. The van der Waals surface area contributed by atoms with Crippen molar-refractivity contribution in [2.45, 2.75) is 24.3 Å². The highest BCUT2D eigenvalue weighted by Crippen LogP contribution is 2.19. The van der Waals surface area contributed by atoms with Crippen LogP contribution in [0.5, 0.6) is 0 Å². The Morgan fingerprint density at radius 2 is 2.00 bits per heavy atom. The molecule has 1 aromatic carbocycles. The summed E-state index contributed by atoms with van der Waals surface area (Å²) in [6, 6.07) is 6.11. The first-order valence-electron chi connectivity index (χ1n) is 8.52. The number of aromatic nitrogens is 4. The molecule has 0 aliphatic heterocycles. The second kappa shape index (κ2) is 8.76. The summed E-state index contributed by atoms with van der Waals surface area (Å²) in [6.45, 7) is -0.146. The third-order valence-corrected chi connectivity index (χ3v) is 5.71. The summed E-state index contributed by atoms with van der Waals surface area (Å²) >= 11 is 5.62. The molecule has 0 radical (unpaired) electrons. The Balaban J connectivity index is 1.58. The van der Waals surface area contributed by atoms with Gasteiger partial charge in [-0.25, -0.2) is 22.5 Å². The van der Waals surface area contributed by atoms with Gasteiger partial charge in [-0.2, -0.15) is 5.10 Å². The number of Topliss-reactive ketones (excluding diaryl/α,β-unsaturated/α-hetero) is 1. The lowest BCUT2D eigenvalue weighted by molar-refractivity contribution is 0.0976. The van der Waals surface area contributed by atoms with Gasteiger partial charge in [0, 0.05) is 19.7 Å². The highest BCUT2D eigenvalue weighted by molar-refractivity contribution is 7.89. The molecule has 0 amide bonds. The first-order chi connectivity index (χ1) is 13.7. The van der Waals surface area contributed by atoms with Crippen LogP contribution >= 0.6 is 11.6 Å². The lowest BCUT2D eigenvalue weighted by Crippen LogP contribution is -2.24. The van der Waals surface area contributed by atoms with Crippen molar-refractivity contribution < 1.29 is 17.6 Å². The molecule has 0 aliphatic carbocycles. The molecule has 0 saturated heterocycles. The molecule has 0 fully saturated rings. The van der Waals surface area contributed by atoms with E-state index in [9.17, 15) is 17.6 Å². The maximum absolute atomic E-state index is 13.2. The minimum atomic E-state index is -3.91. The first kappa shape index (κ1) is 21.0. The third-order valence-electron chi connectivity index (χ3n) is 4.02. The van der Waals surface area contributed by atoms with Crippen molar-refractivity contribution in [3.8, 4) is 0 Å². The van der Waals surface area contributed by atoms with Gasteiger partial charge < -0.3 is 4.57 Å². The van der Waals surface area contributed by atoms with E-state index in [1.807, 2.05) is 13.2 Å². The number of rotatable bonds is 8. The Kier molecular flexibility index (Phi) is 6.36. The zero-order valence-electron chi connectivity index (χ0n) is 15.3. The molecule has 0 unspecified atom stereocenters. The summed E-state index contributed by atoms with van der Waals surface area (Å²) in [5, 5.41) is 7.46. The van der Waals surface area contributed by atoms with Crippen molar-refractivity contribution in [2.24, 2.45) is 7.05 Å². The van der Waals surface area contributed by atoms with E-state index >= 15 is 0 Å². The minimum absolute atomic E-state index is 0.146. The predicted octanol–water partition coefficient (Wildman–Crippen LogP) is 2.30. The molecule has 152 valence electrons. The molecule has 3 aromatic rings. The molecule has 8 nitrogen and oxygen atoms in total. The van der Waals surface area contributed by atoms with E-state index in [2.05, 4.69) is 19.9 Å². The number of benzene rings is 1. The van der Waals surface area contributed by atoms with Crippen LogP contribution in [0, 0.1) is 5.82 Å². The Morgan fingerprint density at radius 3 is 2.62 bits per heavy atom. The number of aryl methyl sites for hydroxylation is 2. The summed E-state index contributed by atoms with van der Waals surface area (Å²) in [5.74, 6) is -0.893. The van der Waals surface area contributed by atoms with Crippen molar-refractivity contribution in [1.29, 1.82) is 0 Å². The molecule has 0 bridgehead atoms. The van der Waals surface area contributed by atoms with Crippen LogP contribution in [0.15, 0.2) is 47.8 Å². The minimum Gasteiger partial charge on any atom is -0.340 e. The summed E-state index contributed by atoms with van der Waals surface area (Å²) < 4.78 is 41.9. The van der Waals surface area contributed by atoms with Crippen LogP contribution in [-0.4, -0.2) is 33.9 Å². The van der Waals surface area contributed by atoms with Crippen molar-refractivity contribution in [2.75, 3.05) is 0 Å². The van der Waals surface area contributed by atoms with E-state index in [4.69, 9.17) is 11.6 Å². The second-order valence-electron chi connectivity index (χ2n) is 6.26. The predicted molar refractivity (Wildman–Crippen MR) is 103 cm³/mol. The number of imidazole rings is 1. The number of hydrogen-bond donors (Lipinski definition) is 1. The number of halogens is 2. The number of nitrogens with one attached hydrogen (secondary N) is 1. The molecule has 11 heteroatoms. The maximum atomic E-state index is 13.2. The van der Waals surface area contributed by atoms with Crippen molar-refractivity contribution in [1.82, 2.24) is 24.5 Å². The van der Waals surface area contributed by atoms with Crippen LogP contribution in [0.2, 0.25) is 5.02 Å². The zero-order valence-corrected chi connectivity index (χ0v) is 16.9. The van der Waals surface area contributed by atoms with Crippen LogP contribution in [0.1, 0.15) is 28.3 Å². The third kappa shape index (κ3) is 5.43. The normalized spacial score (nSPS) is 11.6. The van der Waals surface area contributed by atoms with Crippen LogP contribution in [0.3, 0.4) is 0 Å². The summed E-state index contributed by atoms with van der Waals surface area (Å²) in [6.07, 6.45) is 4.23. The first-order valence-corrected chi connectivity index (χ1v) is 10.4. The number of carbonyl (C=O) groups excluding carboxylic acids is 1. The van der Waals surface area contributed by atoms with Gasteiger partial charge in [0.2, 0.25) is 10.0 Å². The van der Waals surface area contributed by atoms with Gasteiger partial charge in [-0.05, 0) is 36.8 Å². The van der Waals surface area contributed by atoms with Gasteiger partial charge in [-0.1, -0.05) is 11.6 Å². The zero-order chi connectivity index (χ0) is 21.0. The molecule has 0 spiro atoms. The Bertz CT molecular complexity index is 1130. The van der Waals surface area contributed by atoms with E-state index < -0.39 is 15.8 Å². The van der Waals surface area contributed by atoms with Gasteiger partial charge in [-0.15, -0.1) is 5.10 Å². The van der Waals surface area contributed by atoms with Crippen LogP contribution in [-0.2, 0) is 30.0 Å². The Morgan fingerprint density at radius 1 is 1.21 bits per heavy atom. The summed E-state index contributed by atoms with van der Waals surface area (Å²) in [7, 11) is -2.06. The van der Waals surface area contributed by atoms with Gasteiger partial charge in [0.05, 0.1) is 34.2 Å². The van der Waals surface area contributed by atoms with E-state index in [0.717, 1.165) is 23.9 Å². The number of nitrogens with zero attached hydrogens (tertiary/aromatic N) is 4. The van der Waals surface area contributed by atoms with Crippen molar-refractivity contribution in [3.63, 3.8) is 0 Å². The van der Waals surface area contributed by atoms with Crippen molar-refractivity contribution >= 4 is 27.4 Å². The SMILES string of the molecule is Cn1cnc(CCC(=O)c2ccc(CNS(=O)(=O)c3ccc(F)c(Cl)c3)nn2)c1. The van der Waals surface area contributed by atoms with E-state index in [1.165, 1.54) is 12.1 Å². The molecule has 1 N–H and O–H groups in total. The van der Waals surface area contributed by atoms with Gasteiger partial charge in [-0.3, -0.25) is 4.79 Å². The fourth-order valence-corrected chi connectivity index (χ4v) is 3.73. The molecule has 29 heavy (non-hydrogen) atoms. The Hall–Kier alpha value is -2.69. The largest absolute Gasteiger partial charge is 0.340 e. The lowest BCUT2D eigenvalue weighted by Gasteiger charge is -2.07. The second-order valence-corrected chi connectivity index (χ2v) is 8.44. The van der Waals surface area contributed by atoms with E-state index in [-0.39, 0.29) is 34.4 Å². The van der Waals surface area contributed by atoms with Crippen LogP contribution < -0.4 is 4.72 Å². The molecule has 0 atom stereocenters. The molecular weight excluding hydrogens is 421 g/mol. The summed E-state index contributed by atoms with van der Waals surface area (Å²) in [4.78, 5) is 16.2. The van der Waals surface area contributed by atoms with E-state index in [0.29, 0.717) is 12.1 Å². The number of sulfonamides is 1. The molecule has 2 heterocycles. The fourth-order valence-electron chi connectivity index (χ4n) is 2.46. The van der Waals surface area contributed by atoms with Gasteiger partial charge in [0.25, 0.3) is 0 Å². The van der Waals surface area contributed by atoms with Gasteiger partial charge in [0.15, 0.2) is 5.78 Å². The smallest absolute Gasteiger partial charge is 0.240 e. The van der Waals surface area contributed by atoms with Gasteiger partial charge >= 0.3 is 0 Å². The van der Waals surface area contributed by atoms with Crippen molar-refractivity contribution in [3.05, 3.63) is 70.8 Å². The highest BCUT2D eigenvalue weighted by atomic mass is 35.5. The molecular formula is C18H17ClFN5O3S. The monoisotopic (exact) mass is 437 g/mol. The number of carbonyl (C=O) groups is 1. The van der Waals surface area contributed by atoms with Crippen LogP contribution in [0.25, 0.3) is 0 Å². The molecule has 2 aromatic heterocycles. The molecule has 0 saturated carbocycles. The molecule has 0 aliphatic rings. The average Bonchev–Trinajstić information content (AvgIpc) is 3.12. The van der Waals surface area contributed by atoms with Crippen LogP contribution in [0.4, 0.5) is 4.39 Å². The standard InChI is InChI=1S/C18H17ClFN5O3S/c1-25-10-13(21-11-25)3-7-18(26)17-6-2-12(23-24-17)9-22-29(27,28)14-4-5-16(20)15(19)8-14/h2,4-6,8,10-11,22H,3,7,9H2,1H3. The maximum Gasteiger partial charge on any atom is 0.240 e. The number of hydrogen-bond acceptors (Lipinski definition) is 6. The lowest BCUT2D eigenvalue weighted by atomic mass is 10.1. The average molecular weight is 438 g/mol. The quantitative estimate of drug-likeness (QED) is 0.542. The van der Waals surface area contributed by atoms with E-state index in [1.54, 1.807) is 10.9 Å². The highest BCUT2D eigenvalue weighted by Gasteiger charge is 2.16. The summed E-state index contributed by atoms with van der Waals surface area (Å²) in [5.41, 5.74) is 1.32. The topological polar surface area (TPSA) is 107 Å². The number of ketones is 1. The molecule has 3 rings (SSSR count).